The second-order valence-corrected chi connectivity index (χ2v) is 9.67. The number of carbonyl (C=O) groups excluding carboxylic acids is 2. The van der Waals surface area contributed by atoms with Crippen LogP contribution in [0.2, 0.25) is 0 Å². The van der Waals surface area contributed by atoms with Crippen molar-refractivity contribution >= 4 is 11.9 Å². The van der Waals surface area contributed by atoms with E-state index in [-0.39, 0.29) is 24.5 Å². The Bertz CT molecular complexity index is 788. The van der Waals surface area contributed by atoms with Crippen molar-refractivity contribution in [3.63, 3.8) is 0 Å². The van der Waals surface area contributed by atoms with Gasteiger partial charge in [0.1, 0.15) is 0 Å². The molecule has 5 rings (SSSR count). The summed E-state index contributed by atoms with van der Waals surface area (Å²) in [7, 11) is 0. The summed E-state index contributed by atoms with van der Waals surface area (Å²) in [5.41, 5.74) is 2.14. The van der Waals surface area contributed by atoms with Gasteiger partial charge in [0.2, 0.25) is 0 Å². The minimum Gasteiger partial charge on any atom is -0.455 e. The molecule has 4 saturated carbocycles. The number of amides is 1. The lowest BCUT2D eigenvalue weighted by Crippen LogP contribution is -2.58. The highest BCUT2D eigenvalue weighted by molar-refractivity contribution is 5.83. The Hall–Kier alpha value is -1.88. The minimum absolute atomic E-state index is 0.147. The number of aliphatic hydroxyl groups is 1. The maximum Gasteiger partial charge on any atom is 0.312 e. The molecule has 5 atom stereocenters. The highest BCUT2D eigenvalue weighted by atomic mass is 16.5. The summed E-state index contributed by atoms with van der Waals surface area (Å²) in [6, 6.07) is 5.98. The molecule has 152 valence electrons. The molecule has 5 nitrogen and oxygen atoms in total. The maximum absolute atomic E-state index is 12.9. The first-order valence-electron chi connectivity index (χ1n) is 10.4. The Morgan fingerprint density at radius 2 is 1.86 bits per heavy atom. The Labute approximate surface area is 166 Å². The van der Waals surface area contributed by atoms with Gasteiger partial charge in [-0.3, -0.25) is 9.59 Å². The number of nitrogens with one attached hydrogen (secondary N) is 1. The van der Waals surface area contributed by atoms with Crippen molar-refractivity contribution in [1.29, 1.82) is 0 Å². The molecule has 4 bridgehead atoms. The fraction of sp³-hybridized carbons (Fsp3) is 0.652. The van der Waals surface area contributed by atoms with E-state index in [1.807, 2.05) is 19.1 Å². The molecule has 0 aromatic heterocycles. The quantitative estimate of drug-likeness (QED) is 0.762. The van der Waals surface area contributed by atoms with Crippen molar-refractivity contribution in [3.8, 4) is 0 Å². The number of ether oxygens (including phenoxy) is 1. The van der Waals surface area contributed by atoms with Gasteiger partial charge in [-0.25, -0.2) is 0 Å². The van der Waals surface area contributed by atoms with Crippen LogP contribution >= 0.6 is 0 Å². The number of hydrogen-bond donors (Lipinski definition) is 2. The van der Waals surface area contributed by atoms with Gasteiger partial charge in [-0.15, -0.1) is 0 Å². The molecule has 28 heavy (non-hydrogen) atoms. The van der Waals surface area contributed by atoms with Gasteiger partial charge in [-0.1, -0.05) is 18.2 Å². The van der Waals surface area contributed by atoms with Gasteiger partial charge < -0.3 is 15.2 Å². The van der Waals surface area contributed by atoms with Crippen molar-refractivity contribution in [3.05, 3.63) is 34.9 Å². The smallest absolute Gasteiger partial charge is 0.312 e. The van der Waals surface area contributed by atoms with Crippen LogP contribution in [0.25, 0.3) is 0 Å². The summed E-state index contributed by atoms with van der Waals surface area (Å²) in [5, 5.41) is 13.7. The summed E-state index contributed by atoms with van der Waals surface area (Å²) in [6.45, 7) is 5.78. The van der Waals surface area contributed by atoms with E-state index in [0.29, 0.717) is 18.3 Å². The predicted molar refractivity (Wildman–Crippen MR) is 105 cm³/mol. The Kier molecular flexibility index (Phi) is 4.77. The third kappa shape index (κ3) is 3.57. The SMILES string of the molecule is Cc1ccc([C@H](C)NC(=O)COC(=O)C23C[C@@H]4C[C@@H](CC(O)(C4)C2)C3)cc1C. The summed E-state index contributed by atoms with van der Waals surface area (Å²) in [5.74, 6) is 0.242. The Morgan fingerprint density at radius 1 is 1.18 bits per heavy atom. The van der Waals surface area contributed by atoms with Crippen molar-refractivity contribution in [2.75, 3.05) is 6.61 Å². The fourth-order valence-corrected chi connectivity index (χ4v) is 6.14. The Morgan fingerprint density at radius 3 is 2.46 bits per heavy atom. The normalized spacial score (nSPS) is 34.1. The van der Waals surface area contributed by atoms with E-state index in [2.05, 4.69) is 25.2 Å². The molecule has 2 N–H and O–H groups in total. The molecule has 0 aliphatic heterocycles. The third-order valence-corrected chi connectivity index (χ3v) is 7.21. The summed E-state index contributed by atoms with van der Waals surface area (Å²) in [6.07, 6.45) is 4.83. The van der Waals surface area contributed by atoms with E-state index >= 15 is 0 Å². The lowest BCUT2D eigenvalue weighted by atomic mass is 9.48. The molecule has 4 aliphatic rings. The number of rotatable bonds is 5. The molecule has 1 amide bonds. The van der Waals surface area contributed by atoms with Crippen molar-refractivity contribution in [2.24, 2.45) is 17.3 Å². The van der Waals surface area contributed by atoms with Gasteiger partial charge in [-0.2, -0.15) is 0 Å². The first kappa shape index (κ1) is 19.4. The van der Waals surface area contributed by atoms with Crippen molar-refractivity contribution < 1.29 is 19.4 Å². The highest BCUT2D eigenvalue weighted by Crippen LogP contribution is 2.61. The van der Waals surface area contributed by atoms with Gasteiger partial charge in [0.15, 0.2) is 6.61 Å². The van der Waals surface area contributed by atoms with Gasteiger partial charge in [0.05, 0.1) is 17.1 Å². The largest absolute Gasteiger partial charge is 0.455 e. The van der Waals surface area contributed by atoms with E-state index in [1.54, 1.807) is 0 Å². The van der Waals surface area contributed by atoms with Crippen LogP contribution in [0.5, 0.6) is 0 Å². The fourth-order valence-electron chi connectivity index (χ4n) is 6.14. The molecule has 0 saturated heterocycles. The van der Waals surface area contributed by atoms with Gasteiger partial charge >= 0.3 is 5.97 Å². The number of hydrogen-bond acceptors (Lipinski definition) is 4. The second-order valence-electron chi connectivity index (χ2n) is 9.67. The monoisotopic (exact) mass is 385 g/mol. The van der Waals surface area contributed by atoms with Crippen LogP contribution in [-0.4, -0.2) is 29.2 Å². The summed E-state index contributed by atoms with van der Waals surface area (Å²) < 4.78 is 5.45. The first-order valence-corrected chi connectivity index (χ1v) is 10.4. The van der Waals surface area contributed by atoms with Crippen molar-refractivity contribution in [1.82, 2.24) is 5.32 Å². The average molecular weight is 386 g/mol. The van der Waals surface area contributed by atoms with Crippen LogP contribution in [0.1, 0.15) is 68.2 Å². The first-order chi connectivity index (χ1) is 13.2. The number of carbonyl (C=O) groups is 2. The zero-order chi connectivity index (χ0) is 20.1. The maximum atomic E-state index is 12.9. The molecule has 1 aromatic rings. The van der Waals surface area contributed by atoms with Crippen LogP contribution in [0.3, 0.4) is 0 Å². The molecular weight excluding hydrogens is 354 g/mol. The predicted octanol–water partition coefficient (Wildman–Crippen LogP) is 3.36. The van der Waals surface area contributed by atoms with E-state index in [4.69, 9.17) is 4.74 Å². The molecule has 0 radical (unpaired) electrons. The van der Waals surface area contributed by atoms with Crippen LogP contribution in [-0.2, 0) is 14.3 Å². The summed E-state index contributed by atoms with van der Waals surface area (Å²) in [4.78, 5) is 25.2. The summed E-state index contributed by atoms with van der Waals surface area (Å²) >= 11 is 0. The van der Waals surface area contributed by atoms with Gasteiger partial charge in [-0.05, 0) is 87.8 Å². The van der Waals surface area contributed by atoms with Crippen LogP contribution in [0.15, 0.2) is 18.2 Å². The van der Waals surface area contributed by atoms with Crippen LogP contribution in [0.4, 0.5) is 0 Å². The molecule has 1 aromatic carbocycles. The van der Waals surface area contributed by atoms with E-state index in [9.17, 15) is 14.7 Å². The minimum atomic E-state index is -0.705. The molecule has 0 spiro atoms. The number of benzene rings is 1. The van der Waals surface area contributed by atoms with E-state index < -0.39 is 11.0 Å². The lowest BCUT2D eigenvalue weighted by Gasteiger charge is -2.58. The molecular formula is C23H31NO4. The second kappa shape index (κ2) is 6.87. The standard InChI is InChI=1S/C23H31NO4/c1-14-4-5-19(6-15(14)2)16(3)24-20(25)12-28-21(26)22-8-17-7-18(9-22)11-23(27,10-17)13-22/h4-6,16-18,27H,7-13H2,1-3H3,(H,24,25)/t16-,17-,18+,22?,23?/m0/s1. The molecule has 4 aliphatic carbocycles. The van der Waals surface area contributed by atoms with Crippen LogP contribution < -0.4 is 5.32 Å². The number of esters is 1. The third-order valence-electron chi connectivity index (χ3n) is 7.21. The highest BCUT2D eigenvalue weighted by Gasteiger charge is 2.60. The zero-order valence-corrected chi connectivity index (χ0v) is 17.1. The zero-order valence-electron chi connectivity index (χ0n) is 17.1. The van der Waals surface area contributed by atoms with Gasteiger partial charge in [0, 0.05) is 0 Å². The number of aryl methyl sites for hydroxylation is 2. The van der Waals surface area contributed by atoms with Crippen molar-refractivity contribution in [2.45, 2.75) is 70.9 Å². The average Bonchev–Trinajstić information content (AvgIpc) is 2.59. The molecule has 4 fully saturated rings. The Balaban J connectivity index is 1.33. The topological polar surface area (TPSA) is 75.6 Å². The molecule has 2 unspecified atom stereocenters. The molecule has 5 heteroatoms. The van der Waals surface area contributed by atoms with E-state index in [1.165, 1.54) is 11.1 Å². The molecule has 0 heterocycles. The van der Waals surface area contributed by atoms with E-state index in [0.717, 1.165) is 37.7 Å². The lowest BCUT2D eigenvalue weighted by molar-refractivity contribution is -0.196. The van der Waals surface area contributed by atoms with Gasteiger partial charge in [0.25, 0.3) is 5.91 Å². The van der Waals surface area contributed by atoms with Crippen LogP contribution in [0, 0.1) is 31.1 Å².